The van der Waals surface area contributed by atoms with Gasteiger partial charge in [-0.25, -0.2) is 32.9 Å². The maximum absolute atomic E-state index is 12.5. The van der Waals surface area contributed by atoms with Gasteiger partial charge in [0.15, 0.2) is 11.2 Å². The molecular weight excluding hydrogens is 464 g/mol. The standard InChI is InChI=1S/C20H20N8O5S/c1-26-17-16(18(30)27(2)20(26)31)28(12-23-17)11-8-15(29)24-13-4-6-14(7-5-13)34(32,33)25-19-21-9-3-10-22-19/h3-7,9-10,12H,8,11H2,1-2H3,(H,24,29)(H,21,22,25). The Kier molecular flexibility index (Phi) is 5.98. The molecule has 0 atom stereocenters. The first-order chi connectivity index (χ1) is 16.2. The normalized spacial score (nSPS) is 11.5. The van der Waals surface area contributed by atoms with Gasteiger partial charge in [0.1, 0.15) is 0 Å². The first-order valence-electron chi connectivity index (χ1n) is 9.98. The van der Waals surface area contributed by atoms with Gasteiger partial charge in [0.05, 0.1) is 11.2 Å². The number of carbonyl (C=O) groups excluding carboxylic acids is 1. The zero-order valence-electron chi connectivity index (χ0n) is 18.2. The minimum atomic E-state index is -3.89. The number of amides is 1. The maximum Gasteiger partial charge on any atom is 0.332 e. The average molecular weight is 484 g/mol. The summed E-state index contributed by atoms with van der Waals surface area (Å²) in [6, 6.07) is 7.16. The van der Waals surface area contributed by atoms with Crippen LogP contribution >= 0.6 is 0 Å². The van der Waals surface area contributed by atoms with E-state index in [9.17, 15) is 22.8 Å². The first-order valence-corrected chi connectivity index (χ1v) is 11.5. The number of nitrogens with one attached hydrogen (secondary N) is 2. The van der Waals surface area contributed by atoms with Gasteiger partial charge in [-0.1, -0.05) is 0 Å². The van der Waals surface area contributed by atoms with E-state index in [0.717, 1.165) is 4.57 Å². The van der Waals surface area contributed by atoms with Crippen molar-refractivity contribution in [2.24, 2.45) is 14.1 Å². The van der Waals surface area contributed by atoms with E-state index in [1.807, 2.05) is 0 Å². The van der Waals surface area contributed by atoms with Crippen molar-refractivity contribution in [1.29, 1.82) is 0 Å². The molecule has 2 N–H and O–H groups in total. The van der Waals surface area contributed by atoms with Gasteiger partial charge in [0.2, 0.25) is 11.9 Å². The minimum absolute atomic E-state index is 0.0183. The average Bonchev–Trinajstić information content (AvgIpc) is 3.25. The fraction of sp³-hybridized carbons (Fsp3) is 0.200. The molecule has 0 spiro atoms. The van der Waals surface area contributed by atoms with E-state index in [2.05, 4.69) is 25.0 Å². The van der Waals surface area contributed by atoms with Crippen LogP contribution in [0.25, 0.3) is 11.2 Å². The zero-order chi connectivity index (χ0) is 24.5. The number of carbonyl (C=O) groups is 1. The Morgan fingerprint density at radius 3 is 2.35 bits per heavy atom. The molecule has 0 unspecified atom stereocenters. The van der Waals surface area contributed by atoms with Crippen LogP contribution < -0.4 is 21.3 Å². The van der Waals surface area contributed by atoms with E-state index in [0.29, 0.717) is 5.69 Å². The molecule has 0 saturated heterocycles. The molecule has 0 fully saturated rings. The van der Waals surface area contributed by atoms with Crippen LogP contribution in [0, 0.1) is 0 Å². The van der Waals surface area contributed by atoms with Gasteiger partial charge in [0.25, 0.3) is 15.6 Å². The lowest BCUT2D eigenvalue weighted by Crippen LogP contribution is -2.37. The van der Waals surface area contributed by atoms with Crippen LogP contribution in [0.1, 0.15) is 6.42 Å². The van der Waals surface area contributed by atoms with Crippen LogP contribution in [0.2, 0.25) is 0 Å². The number of benzene rings is 1. The van der Waals surface area contributed by atoms with Crippen LogP contribution in [0.4, 0.5) is 11.6 Å². The molecule has 4 aromatic rings. The maximum atomic E-state index is 12.5. The second-order valence-electron chi connectivity index (χ2n) is 7.32. The number of sulfonamides is 1. The molecule has 3 aromatic heterocycles. The van der Waals surface area contributed by atoms with Crippen molar-refractivity contribution >= 4 is 38.7 Å². The van der Waals surface area contributed by atoms with Crippen LogP contribution in [-0.4, -0.2) is 43.0 Å². The summed E-state index contributed by atoms with van der Waals surface area (Å²) in [4.78, 5) is 48.6. The molecule has 0 aliphatic carbocycles. The molecular formula is C20H20N8O5S. The summed E-state index contributed by atoms with van der Waals surface area (Å²) < 4.78 is 30.9. The predicted molar refractivity (Wildman–Crippen MR) is 123 cm³/mol. The van der Waals surface area contributed by atoms with Gasteiger partial charge in [0, 0.05) is 45.1 Å². The van der Waals surface area contributed by atoms with Crippen molar-refractivity contribution in [2.45, 2.75) is 17.9 Å². The molecule has 0 aliphatic rings. The summed E-state index contributed by atoms with van der Waals surface area (Å²) in [5, 5.41) is 2.68. The van der Waals surface area contributed by atoms with Crippen molar-refractivity contribution < 1.29 is 13.2 Å². The van der Waals surface area contributed by atoms with E-state index in [-0.39, 0.29) is 40.9 Å². The molecule has 1 aromatic carbocycles. The van der Waals surface area contributed by atoms with Crippen LogP contribution in [0.5, 0.6) is 0 Å². The zero-order valence-corrected chi connectivity index (χ0v) is 19.0. The summed E-state index contributed by atoms with van der Waals surface area (Å²) in [5.41, 5.74) is -0.129. The molecule has 1 amide bonds. The molecule has 3 heterocycles. The highest BCUT2D eigenvalue weighted by Gasteiger charge is 2.17. The number of hydrogen-bond donors (Lipinski definition) is 2. The summed E-state index contributed by atoms with van der Waals surface area (Å²) in [7, 11) is -0.998. The number of hydrogen-bond acceptors (Lipinski definition) is 8. The fourth-order valence-corrected chi connectivity index (χ4v) is 4.22. The molecule has 14 heteroatoms. The summed E-state index contributed by atoms with van der Waals surface area (Å²) in [6.45, 7) is 0.156. The Hall–Kier alpha value is -4.33. The fourth-order valence-electron chi connectivity index (χ4n) is 3.26. The molecule has 0 bridgehead atoms. The van der Waals surface area contributed by atoms with Crippen LogP contribution in [-0.2, 0) is 35.5 Å². The smallest absolute Gasteiger partial charge is 0.326 e. The molecule has 4 rings (SSSR count). The molecule has 0 radical (unpaired) electrons. The van der Waals surface area contributed by atoms with Crippen molar-refractivity contribution in [3.8, 4) is 0 Å². The highest BCUT2D eigenvalue weighted by molar-refractivity contribution is 7.92. The number of aromatic nitrogens is 6. The number of nitrogens with zero attached hydrogens (tertiary/aromatic N) is 6. The Morgan fingerprint density at radius 1 is 1.00 bits per heavy atom. The topological polar surface area (TPSA) is 163 Å². The lowest BCUT2D eigenvalue weighted by Gasteiger charge is -2.09. The third kappa shape index (κ3) is 4.43. The number of imidazole rings is 1. The van der Waals surface area contributed by atoms with E-state index in [1.54, 1.807) is 6.07 Å². The monoisotopic (exact) mass is 484 g/mol. The second kappa shape index (κ2) is 8.90. The lowest BCUT2D eigenvalue weighted by atomic mass is 10.3. The molecule has 0 aliphatic heterocycles. The predicted octanol–water partition coefficient (Wildman–Crippen LogP) is 0.0533. The Morgan fingerprint density at radius 2 is 1.68 bits per heavy atom. The lowest BCUT2D eigenvalue weighted by molar-refractivity contribution is -0.116. The van der Waals surface area contributed by atoms with Gasteiger partial charge < -0.3 is 9.88 Å². The van der Waals surface area contributed by atoms with Crippen molar-refractivity contribution in [3.63, 3.8) is 0 Å². The second-order valence-corrected chi connectivity index (χ2v) is 9.00. The van der Waals surface area contributed by atoms with Crippen molar-refractivity contribution in [1.82, 2.24) is 28.7 Å². The van der Waals surface area contributed by atoms with E-state index in [4.69, 9.17) is 0 Å². The third-order valence-electron chi connectivity index (χ3n) is 5.04. The van der Waals surface area contributed by atoms with Crippen LogP contribution in [0.3, 0.4) is 0 Å². The number of anilines is 2. The highest BCUT2D eigenvalue weighted by atomic mass is 32.2. The van der Waals surface area contributed by atoms with Crippen LogP contribution in [0.15, 0.2) is 63.5 Å². The molecule has 13 nitrogen and oxygen atoms in total. The Balaban J connectivity index is 1.42. The van der Waals surface area contributed by atoms with E-state index >= 15 is 0 Å². The number of rotatable bonds is 7. The summed E-state index contributed by atoms with van der Waals surface area (Å²) in [6.07, 6.45) is 4.25. The molecule has 176 valence electrons. The minimum Gasteiger partial charge on any atom is -0.326 e. The summed E-state index contributed by atoms with van der Waals surface area (Å²) >= 11 is 0. The first kappa shape index (κ1) is 22.8. The van der Waals surface area contributed by atoms with Gasteiger partial charge in [-0.2, -0.15) is 0 Å². The van der Waals surface area contributed by atoms with Gasteiger partial charge in [-0.15, -0.1) is 0 Å². The van der Waals surface area contributed by atoms with Gasteiger partial charge in [-0.05, 0) is 30.3 Å². The van der Waals surface area contributed by atoms with Crippen molar-refractivity contribution in [2.75, 3.05) is 10.0 Å². The van der Waals surface area contributed by atoms with Gasteiger partial charge >= 0.3 is 5.69 Å². The van der Waals surface area contributed by atoms with Gasteiger partial charge in [-0.3, -0.25) is 18.7 Å². The highest BCUT2D eigenvalue weighted by Crippen LogP contribution is 2.17. The summed E-state index contributed by atoms with van der Waals surface area (Å²) in [5.74, 6) is -0.406. The number of aryl methyl sites for hydroxylation is 2. The Bertz CT molecular complexity index is 1590. The Labute approximate surface area is 192 Å². The SMILES string of the molecule is Cn1c(=O)c2c(ncn2CCC(=O)Nc2ccc(S(=O)(=O)Nc3ncccn3)cc2)n(C)c1=O. The molecule has 34 heavy (non-hydrogen) atoms. The largest absolute Gasteiger partial charge is 0.332 e. The molecule has 0 saturated carbocycles. The van der Waals surface area contributed by atoms with E-state index in [1.165, 1.54) is 66.2 Å². The third-order valence-corrected chi connectivity index (χ3v) is 6.38. The van der Waals surface area contributed by atoms with E-state index < -0.39 is 21.3 Å². The quantitative estimate of drug-likeness (QED) is 0.372. The van der Waals surface area contributed by atoms with Crippen molar-refractivity contribution in [3.05, 3.63) is 69.9 Å². The number of fused-ring (bicyclic) bond motifs is 1.